The fourth-order valence-corrected chi connectivity index (χ4v) is 3.37. The van der Waals surface area contributed by atoms with Crippen LogP contribution in [0.2, 0.25) is 0 Å². The molecule has 2 aliphatic rings. The third kappa shape index (κ3) is 5.29. The maximum atomic E-state index is 12.0. The molecule has 2 atom stereocenters. The lowest BCUT2D eigenvalue weighted by molar-refractivity contribution is -0.152. The molecule has 0 radical (unpaired) electrons. The van der Waals surface area contributed by atoms with E-state index < -0.39 is 6.04 Å². The summed E-state index contributed by atoms with van der Waals surface area (Å²) >= 11 is 0. The van der Waals surface area contributed by atoms with Gasteiger partial charge in [-0.3, -0.25) is 4.79 Å². The van der Waals surface area contributed by atoms with Gasteiger partial charge in [-0.1, -0.05) is 38.5 Å². The van der Waals surface area contributed by atoms with Gasteiger partial charge in [0, 0.05) is 5.92 Å². The second-order valence-electron chi connectivity index (χ2n) is 7.19. The van der Waals surface area contributed by atoms with Gasteiger partial charge in [0.1, 0.15) is 6.04 Å². The third-order valence-electron chi connectivity index (χ3n) is 5.21. The van der Waals surface area contributed by atoms with E-state index in [2.05, 4.69) is 5.32 Å². The van der Waals surface area contributed by atoms with E-state index in [1.54, 1.807) is 6.92 Å². The molecule has 2 fully saturated rings. The van der Waals surface area contributed by atoms with Crippen molar-refractivity contribution in [2.24, 2.45) is 11.8 Å². The monoisotopic (exact) mass is 309 g/mol. The van der Waals surface area contributed by atoms with Gasteiger partial charge in [0.25, 0.3) is 0 Å². The average molecular weight is 309 g/mol. The van der Waals surface area contributed by atoms with Crippen molar-refractivity contribution in [3.8, 4) is 0 Å². The summed E-state index contributed by atoms with van der Waals surface area (Å²) in [5.41, 5.74) is 0. The second-order valence-corrected chi connectivity index (χ2v) is 7.19. The number of ether oxygens (including phenoxy) is 1. The molecule has 126 valence electrons. The van der Waals surface area contributed by atoms with Gasteiger partial charge in [-0.25, -0.2) is 4.79 Å². The zero-order valence-corrected chi connectivity index (χ0v) is 14.1. The van der Waals surface area contributed by atoms with E-state index in [9.17, 15) is 9.59 Å². The average Bonchev–Trinajstić information content (AvgIpc) is 2.44. The predicted molar refractivity (Wildman–Crippen MR) is 86.3 cm³/mol. The third-order valence-corrected chi connectivity index (χ3v) is 5.21. The molecule has 4 nitrogen and oxygen atoms in total. The highest BCUT2D eigenvalue weighted by molar-refractivity contribution is 5.85. The van der Waals surface area contributed by atoms with Gasteiger partial charge < -0.3 is 10.1 Å². The van der Waals surface area contributed by atoms with Crippen LogP contribution in [-0.2, 0) is 14.3 Å². The zero-order chi connectivity index (χ0) is 15.9. The molecule has 4 heteroatoms. The molecule has 0 bridgehead atoms. The van der Waals surface area contributed by atoms with Crippen molar-refractivity contribution in [1.29, 1.82) is 0 Å². The van der Waals surface area contributed by atoms with Gasteiger partial charge in [-0.15, -0.1) is 0 Å². The summed E-state index contributed by atoms with van der Waals surface area (Å²) in [4.78, 5) is 23.9. The summed E-state index contributed by atoms with van der Waals surface area (Å²) in [5, 5.41) is 2.78. The molecule has 0 saturated heterocycles. The summed E-state index contributed by atoms with van der Waals surface area (Å²) in [7, 11) is 0. The van der Waals surface area contributed by atoms with Crippen molar-refractivity contribution in [3.05, 3.63) is 0 Å². The normalized spacial score (nSPS) is 22.5. The van der Waals surface area contributed by atoms with Crippen LogP contribution in [0.5, 0.6) is 0 Å². The molecule has 0 aromatic carbocycles. The van der Waals surface area contributed by atoms with Crippen molar-refractivity contribution in [3.63, 3.8) is 0 Å². The highest BCUT2D eigenvalue weighted by Crippen LogP contribution is 2.28. The van der Waals surface area contributed by atoms with E-state index in [4.69, 9.17) is 4.74 Å². The van der Waals surface area contributed by atoms with Gasteiger partial charge in [-0.2, -0.15) is 0 Å². The second kappa shape index (κ2) is 8.54. The Morgan fingerprint density at radius 2 is 1.73 bits per heavy atom. The molecule has 1 N–H and O–H groups in total. The molecule has 2 saturated carbocycles. The maximum absolute atomic E-state index is 12.0. The minimum absolute atomic E-state index is 0.00515. The van der Waals surface area contributed by atoms with Crippen molar-refractivity contribution in [2.45, 2.75) is 90.2 Å². The fourth-order valence-electron chi connectivity index (χ4n) is 3.37. The SMILES string of the molecule is CC(CCC1CCCCC1)OC(=O)C(C)NC(=O)C1CCC1. The van der Waals surface area contributed by atoms with Crippen molar-refractivity contribution < 1.29 is 14.3 Å². The molecule has 2 unspecified atom stereocenters. The summed E-state index contributed by atoms with van der Waals surface area (Å²) in [6, 6.07) is -0.537. The number of esters is 1. The molecule has 2 aliphatic carbocycles. The van der Waals surface area contributed by atoms with Crippen LogP contribution in [0.15, 0.2) is 0 Å². The minimum Gasteiger partial charge on any atom is -0.461 e. The molecule has 0 aromatic rings. The van der Waals surface area contributed by atoms with E-state index in [-0.39, 0.29) is 23.9 Å². The molecule has 2 rings (SSSR count). The number of hydrogen-bond acceptors (Lipinski definition) is 3. The van der Waals surface area contributed by atoms with Crippen LogP contribution >= 0.6 is 0 Å². The van der Waals surface area contributed by atoms with Crippen LogP contribution < -0.4 is 5.32 Å². The van der Waals surface area contributed by atoms with Crippen molar-refractivity contribution >= 4 is 11.9 Å². The Morgan fingerprint density at radius 1 is 1.05 bits per heavy atom. The van der Waals surface area contributed by atoms with Gasteiger partial charge in [0.2, 0.25) is 5.91 Å². The molecular formula is C18H31NO3. The van der Waals surface area contributed by atoms with Gasteiger partial charge in [-0.05, 0) is 45.4 Å². The Hall–Kier alpha value is -1.06. The van der Waals surface area contributed by atoms with E-state index in [0.717, 1.165) is 38.0 Å². The maximum Gasteiger partial charge on any atom is 0.328 e. The number of carbonyl (C=O) groups excluding carboxylic acids is 2. The number of hydrogen-bond donors (Lipinski definition) is 1. The highest BCUT2D eigenvalue weighted by Gasteiger charge is 2.28. The highest BCUT2D eigenvalue weighted by atomic mass is 16.5. The molecule has 0 aromatic heterocycles. The molecule has 0 spiro atoms. The predicted octanol–water partition coefficient (Wildman–Crippen LogP) is 3.58. The summed E-state index contributed by atoms with van der Waals surface area (Å²) < 4.78 is 5.48. The minimum atomic E-state index is -0.537. The summed E-state index contributed by atoms with van der Waals surface area (Å²) in [6.07, 6.45) is 11.8. The van der Waals surface area contributed by atoms with Crippen LogP contribution in [0, 0.1) is 11.8 Å². The quantitative estimate of drug-likeness (QED) is 0.731. The lowest BCUT2D eigenvalue weighted by Crippen LogP contribution is -2.44. The number of amides is 1. The van der Waals surface area contributed by atoms with Crippen LogP contribution in [-0.4, -0.2) is 24.0 Å². The largest absolute Gasteiger partial charge is 0.461 e. The summed E-state index contributed by atoms with van der Waals surface area (Å²) in [5.74, 6) is 0.624. The van der Waals surface area contributed by atoms with E-state index in [1.807, 2.05) is 6.92 Å². The van der Waals surface area contributed by atoms with Crippen molar-refractivity contribution in [1.82, 2.24) is 5.32 Å². The molecule has 0 heterocycles. The Bertz CT molecular complexity index is 373. The number of carbonyl (C=O) groups is 2. The van der Waals surface area contributed by atoms with Crippen molar-refractivity contribution in [2.75, 3.05) is 0 Å². The van der Waals surface area contributed by atoms with Crippen LogP contribution in [0.25, 0.3) is 0 Å². The van der Waals surface area contributed by atoms with E-state index >= 15 is 0 Å². The lowest BCUT2D eigenvalue weighted by atomic mass is 9.84. The topological polar surface area (TPSA) is 55.4 Å². The Morgan fingerprint density at radius 3 is 2.32 bits per heavy atom. The smallest absolute Gasteiger partial charge is 0.328 e. The Balaban J connectivity index is 1.62. The van der Waals surface area contributed by atoms with Gasteiger partial charge in [0.05, 0.1) is 6.10 Å². The van der Waals surface area contributed by atoms with E-state index in [0.29, 0.717) is 0 Å². The molecular weight excluding hydrogens is 278 g/mol. The van der Waals surface area contributed by atoms with Crippen LogP contribution in [0.3, 0.4) is 0 Å². The first-order chi connectivity index (χ1) is 10.6. The van der Waals surface area contributed by atoms with Gasteiger partial charge >= 0.3 is 5.97 Å². The zero-order valence-electron chi connectivity index (χ0n) is 14.1. The van der Waals surface area contributed by atoms with Crippen LogP contribution in [0.1, 0.15) is 78.1 Å². The van der Waals surface area contributed by atoms with E-state index in [1.165, 1.54) is 32.1 Å². The standard InChI is InChI=1S/C18H31NO3/c1-13(11-12-15-7-4-3-5-8-15)22-18(21)14(2)19-17(20)16-9-6-10-16/h13-16H,3-12H2,1-2H3,(H,19,20). The number of nitrogens with one attached hydrogen (secondary N) is 1. The van der Waals surface area contributed by atoms with Crippen LogP contribution in [0.4, 0.5) is 0 Å². The molecule has 1 amide bonds. The Kier molecular flexibility index (Phi) is 6.71. The fraction of sp³-hybridized carbons (Fsp3) is 0.889. The first-order valence-corrected chi connectivity index (χ1v) is 9.07. The first-order valence-electron chi connectivity index (χ1n) is 9.07. The van der Waals surface area contributed by atoms with Gasteiger partial charge in [0.15, 0.2) is 0 Å². The first kappa shape index (κ1) is 17.3. The molecule has 0 aliphatic heterocycles. The lowest BCUT2D eigenvalue weighted by Gasteiger charge is -2.26. The molecule has 22 heavy (non-hydrogen) atoms. The summed E-state index contributed by atoms with van der Waals surface area (Å²) in [6.45, 7) is 3.67. The number of rotatable bonds is 7. The Labute approximate surface area is 134 Å².